The van der Waals surface area contributed by atoms with Crippen LogP contribution >= 0.6 is 0 Å². The lowest BCUT2D eigenvalue weighted by molar-refractivity contribution is 1.06. The molecule has 0 N–H and O–H groups in total. The van der Waals surface area contributed by atoms with Crippen LogP contribution in [-0.4, -0.2) is 0 Å². The molecule has 0 unspecified atom stereocenters. The minimum Gasteiger partial charge on any atom is -0.0622 e. The predicted molar refractivity (Wildman–Crippen MR) is 82.4 cm³/mol. The fourth-order valence-corrected chi connectivity index (χ4v) is 2.32. The van der Waals surface area contributed by atoms with E-state index in [1.54, 1.807) is 0 Å². The molecule has 0 aliphatic heterocycles. The van der Waals surface area contributed by atoms with E-state index < -0.39 is 0 Å². The highest BCUT2D eigenvalue weighted by Crippen LogP contribution is 2.18. The van der Waals surface area contributed by atoms with Crippen LogP contribution in [0.25, 0.3) is 0 Å². The summed E-state index contributed by atoms with van der Waals surface area (Å²) in [5.41, 5.74) is 6.35. The molecule has 0 heteroatoms. The number of benzene rings is 2. The van der Waals surface area contributed by atoms with Crippen molar-refractivity contribution in [1.29, 1.82) is 0 Å². The summed E-state index contributed by atoms with van der Waals surface area (Å²) in [7, 11) is 0. The molecule has 2 aromatic rings. The van der Waals surface area contributed by atoms with Crippen LogP contribution in [0.5, 0.6) is 0 Å². The van der Waals surface area contributed by atoms with Gasteiger partial charge in [0.15, 0.2) is 0 Å². The Hall–Kier alpha value is -2.00. The first-order valence-electron chi connectivity index (χ1n) is 6.94. The smallest absolute Gasteiger partial charge is 0.0313 e. The van der Waals surface area contributed by atoms with Crippen LogP contribution in [0.3, 0.4) is 0 Å². The Labute approximate surface area is 116 Å². The largest absolute Gasteiger partial charge is 0.0622 e. The Balaban J connectivity index is 2.48. The fourth-order valence-electron chi connectivity index (χ4n) is 2.32. The molecule has 96 valence electrons. The molecule has 0 fully saturated rings. The van der Waals surface area contributed by atoms with Crippen LogP contribution in [0.1, 0.15) is 41.7 Å². The van der Waals surface area contributed by atoms with Crippen molar-refractivity contribution < 1.29 is 0 Å². The molecule has 19 heavy (non-hydrogen) atoms. The van der Waals surface area contributed by atoms with Gasteiger partial charge in [-0.1, -0.05) is 61.6 Å². The van der Waals surface area contributed by atoms with Crippen molar-refractivity contribution in [3.8, 4) is 11.8 Å². The standard InChI is InChI=1S/C19H20/c1-4-17-13-15(3)14-18(5-2)19(17)12-11-16-9-7-6-8-10-16/h6-10,13-14H,4-5H2,1-3H3. The van der Waals surface area contributed by atoms with Crippen LogP contribution < -0.4 is 0 Å². The maximum Gasteiger partial charge on any atom is 0.0313 e. The fraction of sp³-hybridized carbons (Fsp3) is 0.263. The molecule has 0 spiro atoms. The topological polar surface area (TPSA) is 0 Å². The van der Waals surface area contributed by atoms with E-state index in [4.69, 9.17) is 0 Å². The Morgan fingerprint density at radius 3 is 1.95 bits per heavy atom. The summed E-state index contributed by atoms with van der Waals surface area (Å²) in [5, 5.41) is 0. The monoisotopic (exact) mass is 248 g/mol. The molecule has 0 aliphatic rings. The van der Waals surface area contributed by atoms with E-state index >= 15 is 0 Å². The van der Waals surface area contributed by atoms with Crippen molar-refractivity contribution in [3.63, 3.8) is 0 Å². The van der Waals surface area contributed by atoms with E-state index in [9.17, 15) is 0 Å². The van der Waals surface area contributed by atoms with Gasteiger partial charge in [0.1, 0.15) is 0 Å². The second kappa shape index (κ2) is 6.25. The second-order valence-corrected chi connectivity index (χ2v) is 4.78. The minimum atomic E-state index is 1.04. The highest BCUT2D eigenvalue weighted by Gasteiger charge is 2.05. The van der Waals surface area contributed by atoms with Crippen LogP contribution in [0, 0.1) is 18.8 Å². The summed E-state index contributed by atoms with van der Waals surface area (Å²) in [4.78, 5) is 0. The molecule has 2 aromatic carbocycles. The van der Waals surface area contributed by atoms with Crippen molar-refractivity contribution in [1.82, 2.24) is 0 Å². The zero-order chi connectivity index (χ0) is 13.7. The molecule has 0 radical (unpaired) electrons. The van der Waals surface area contributed by atoms with E-state index in [-0.39, 0.29) is 0 Å². The average Bonchev–Trinajstić information content (AvgIpc) is 2.46. The van der Waals surface area contributed by atoms with Gasteiger partial charge in [-0.05, 0) is 43.0 Å². The Bertz CT molecular complexity index is 584. The lowest BCUT2D eigenvalue weighted by atomic mass is 9.95. The van der Waals surface area contributed by atoms with Gasteiger partial charge in [-0.2, -0.15) is 0 Å². The molecular weight excluding hydrogens is 228 g/mol. The van der Waals surface area contributed by atoms with E-state index in [2.05, 4.69) is 56.9 Å². The van der Waals surface area contributed by atoms with Crippen LogP contribution in [0.4, 0.5) is 0 Å². The van der Waals surface area contributed by atoms with Gasteiger partial charge in [-0.3, -0.25) is 0 Å². The first-order chi connectivity index (χ1) is 9.24. The lowest BCUT2D eigenvalue weighted by Gasteiger charge is -2.09. The SMILES string of the molecule is CCc1cc(C)cc(CC)c1C#Cc1ccccc1. The summed E-state index contributed by atoms with van der Waals surface area (Å²) in [6.07, 6.45) is 2.07. The first-order valence-corrected chi connectivity index (χ1v) is 6.94. The maximum absolute atomic E-state index is 3.38. The Morgan fingerprint density at radius 1 is 0.842 bits per heavy atom. The van der Waals surface area contributed by atoms with Crippen LogP contribution in [0.15, 0.2) is 42.5 Å². The molecule has 0 aromatic heterocycles. The number of hydrogen-bond acceptors (Lipinski definition) is 0. The zero-order valence-corrected chi connectivity index (χ0v) is 12.0. The predicted octanol–water partition coefficient (Wildman–Crippen LogP) is 4.52. The molecular formula is C19H20. The molecule has 0 amide bonds. The lowest BCUT2D eigenvalue weighted by Crippen LogP contribution is -1.96. The van der Waals surface area contributed by atoms with Crippen molar-refractivity contribution in [3.05, 3.63) is 70.3 Å². The summed E-state index contributed by atoms with van der Waals surface area (Å²) in [5.74, 6) is 6.66. The Morgan fingerprint density at radius 2 is 1.42 bits per heavy atom. The summed E-state index contributed by atoms with van der Waals surface area (Å²) >= 11 is 0. The zero-order valence-electron chi connectivity index (χ0n) is 12.0. The molecule has 0 atom stereocenters. The Kier molecular flexibility index (Phi) is 4.42. The quantitative estimate of drug-likeness (QED) is 0.685. The van der Waals surface area contributed by atoms with E-state index in [1.165, 1.54) is 22.3 Å². The highest BCUT2D eigenvalue weighted by molar-refractivity contribution is 5.52. The van der Waals surface area contributed by atoms with Crippen LogP contribution in [0.2, 0.25) is 0 Å². The van der Waals surface area contributed by atoms with Gasteiger partial charge in [0, 0.05) is 11.1 Å². The first kappa shape index (κ1) is 13.4. The molecule has 2 rings (SSSR count). The van der Waals surface area contributed by atoms with Gasteiger partial charge in [-0.25, -0.2) is 0 Å². The molecule has 0 bridgehead atoms. The summed E-state index contributed by atoms with van der Waals surface area (Å²) in [6, 6.07) is 14.7. The number of aryl methyl sites for hydroxylation is 3. The van der Waals surface area contributed by atoms with Crippen molar-refractivity contribution in [2.45, 2.75) is 33.6 Å². The van der Waals surface area contributed by atoms with Crippen molar-refractivity contribution >= 4 is 0 Å². The molecule has 0 saturated heterocycles. The third-order valence-electron chi connectivity index (χ3n) is 3.31. The summed E-state index contributed by atoms with van der Waals surface area (Å²) < 4.78 is 0. The highest BCUT2D eigenvalue weighted by atomic mass is 14.1. The van der Waals surface area contributed by atoms with Gasteiger partial charge < -0.3 is 0 Å². The van der Waals surface area contributed by atoms with E-state index in [1.807, 2.05) is 18.2 Å². The molecule has 0 nitrogen and oxygen atoms in total. The van der Waals surface area contributed by atoms with Gasteiger partial charge in [0.05, 0.1) is 0 Å². The minimum absolute atomic E-state index is 1.04. The van der Waals surface area contributed by atoms with Crippen molar-refractivity contribution in [2.24, 2.45) is 0 Å². The molecule has 0 heterocycles. The maximum atomic E-state index is 3.38. The number of hydrogen-bond donors (Lipinski definition) is 0. The number of rotatable bonds is 2. The van der Waals surface area contributed by atoms with Gasteiger partial charge >= 0.3 is 0 Å². The van der Waals surface area contributed by atoms with E-state index in [0.717, 1.165) is 18.4 Å². The molecule has 0 saturated carbocycles. The normalized spacial score (nSPS) is 9.84. The summed E-state index contributed by atoms with van der Waals surface area (Å²) in [6.45, 7) is 6.55. The average molecular weight is 248 g/mol. The third-order valence-corrected chi connectivity index (χ3v) is 3.31. The van der Waals surface area contributed by atoms with Gasteiger partial charge in [0.25, 0.3) is 0 Å². The van der Waals surface area contributed by atoms with E-state index in [0.29, 0.717) is 0 Å². The van der Waals surface area contributed by atoms with Gasteiger partial charge in [-0.15, -0.1) is 0 Å². The van der Waals surface area contributed by atoms with Gasteiger partial charge in [0.2, 0.25) is 0 Å². The molecule has 0 aliphatic carbocycles. The van der Waals surface area contributed by atoms with Crippen molar-refractivity contribution in [2.75, 3.05) is 0 Å². The van der Waals surface area contributed by atoms with Crippen LogP contribution in [-0.2, 0) is 12.8 Å². The second-order valence-electron chi connectivity index (χ2n) is 4.78. The third kappa shape index (κ3) is 3.26.